The van der Waals surface area contributed by atoms with E-state index in [-0.39, 0.29) is 0 Å². The van der Waals surface area contributed by atoms with Crippen LogP contribution in [0.1, 0.15) is 0 Å². The summed E-state index contributed by atoms with van der Waals surface area (Å²) in [6.45, 7) is 3.83. The van der Waals surface area contributed by atoms with E-state index < -0.39 is 0 Å². The first-order valence-electron chi connectivity index (χ1n) is 3.67. The van der Waals surface area contributed by atoms with Crippen LogP contribution in [0.4, 0.5) is 0 Å². The standard InChI is InChI=1S/C10H11NO/c1-9-5-3-4-6-10(9)7-11(2)8-12/h3-8H,1H2,2H3/b10-7-. The lowest BCUT2D eigenvalue weighted by molar-refractivity contribution is -0.114. The molecule has 0 heterocycles. The van der Waals surface area contributed by atoms with Gasteiger partial charge < -0.3 is 4.90 Å². The highest BCUT2D eigenvalue weighted by molar-refractivity contribution is 5.54. The zero-order chi connectivity index (χ0) is 8.97. The number of nitrogens with zero attached hydrogens (tertiary/aromatic N) is 1. The number of rotatable bonds is 2. The van der Waals surface area contributed by atoms with Gasteiger partial charge in [0.1, 0.15) is 0 Å². The van der Waals surface area contributed by atoms with Gasteiger partial charge >= 0.3 is 0 Å². The quantitative estimate of drug-likeness (QED) is 0.556. The summed E-state index contributed by atoms with van der Waals surface area (Å²) in [4.78, 5) is 11.8. The average molecular weight is 161 g/mol. The molecule has 1 rings (SSSR count). The predicted molar refractivity (Wildman–Crippen MR) is 49.5 cm³/mol. The highest BCUT2D eigenvalue weighted by Gasteiger charge is 1.85. The summed E-state index contributed by atoms with van der Waals surface area (Å²) in [6, 6.07) is 7.66. The van der Waals surface area contributed by atoms with Crippen LogP contribution in [0, 0.1) is 0 Å². The van der Waals surface area contributed by atoms with Crippen LogP contribution < -0.4 is 10.4 Å². The summed E-state index contributed by atoms with van der Waals surface area (Å²) in [5.74, 6) is 0. The normalized spacial score (nSPS) is 11.2. The number of benzene rings is 1. The van der Waals surface area contributed by atoms with Crippen LogP contribution in [0.5, 0.6) is 0 Å². The Hall–Kier alpha value is -1.57. The molecule has 62 valence electrons. The smallest absolute Gasteiger partial charge is 0.213 e. The number of carbonyl (C=O) groups is 1. The van der Waals surface area contributed by atoms with E-state index in [0.29, 0.717) is 0 Å². The maximum Gasteiger partial charge on any atom is 0.213 e. The first-order valence-corrected chi connectivity index (χ1v) is 3.67. The van der Waals surface area contributed by atoms with E-state index in [9.17, 15) is 4.79 Å². The van der Waals surface area contributed by atoms with Gasteiger partial charge in [-0.05, 0) is 10.4 Å². The Kier molecular flexibility index (Phi) is 2.64. The van der Waals surface area contributed by atoms with Crippen LogP contribution in [0.2, 0.25) is 0 Å². The van der Waals surface area contributed by atoms with Crippen molar-refractivity contribution in [2.75, 3.05) is 7.05 Å². The zero-order valence-electron chi connectivity index (χ0n) is 7.03. The van der Waals surface area contributed by atoms with E-state index in [0.717, 1.165) is 16.8 Å². The average Bonchev–Trinajstić information content (AvgIpc) is 2.09. The van der Waals surface area contributed by atoms with Crippen molar-refractivity contribution in [2.45, 2.75) is 0 Å². The Morgan fingerprint density at radius 3 is 2.67 bits per heavy atom. The minimum Gasteiger partial charge on any atom is -0.324 e. The Labute approximate surface area is 71.4 Å². The molecule has 0 aliphatic heterocycles. The number of amides is 1. The zero-order valence-corrected chi connectivity index (χ0v) is 7.03. The third-order valence-electron chi connectivity index (χ3n) is 1.56. The van der Waals surface area contributed by atoms with Gasteiger partial charge in [0.15, 0.2) is 0 Å². The van der Waals surface area contributed by atoms with Crippen LogP contribution >= 0.6 is 0 Å². The maximum absolute atomic E-state index is 10.3. The second-order valence-electron chi connectivity index (χ2n) is 2.60. The molecule has 0 atom stereocenters. The second kappa shape index (κ2) is 3.72. The molecule has 2 heteroatoms. The lowest BCUT2D eigenvalue weighted by atomic mass is 10.2. The summed E-state index contributed by atoms with van der Waals surface area (Å²) >= 11 is 0. The molecule has 0 saturated heterocycles. The fraction of sp³-hybridized carbons (Fsp3) is 0.100. The molecular formula is C10H11NO. The molecule has 0 N–H and O–H groups in total. The summed E-state index contributed by atoms with van der Waals surface area (Å²) in [7, 11) is 1.69. The summed E-state index contributed by atoms with van der Waals surface area (Å²) < 4.78 is 0. The Morgan fingerprint density at radius 1 is 1.42 bits per heavy atom. The van der Waals surface area contributed by atoms with E-state index in [1.807, 2.05) is 24.3 Å². The maximum atomic E-state index is 10.3. The molecule has 0 aliphatic carbocycles. The van der Waals surface area contributed by atoms with Crippen molar-refractivity contribution in [3.63, 3.8) is 0 Å². The fourth-order valence-corrected chi connectivity index (χ4v) is 0.910. The van der Waals surface area contributed by atoms with E-state index in [1.54, 1.807) is 13.2 Å². The molecule has 0 fully saturated rings. The molecule has 2 nitrogen and oxygen atoms in total. The first kappa shape index (κ1) is 8.53. The van der Waals surface area contributed by atoms with Crippen LogP contribution in [0.25, 0.3) is 12.8 Å². The van der Waals surface area contributed by atoms with Crippen molar-refractivity contribution in [1.82, 2.24) is 4.90 Å². The molecule has 1 amide bonds. The summed E-state index contributed by atoms with van der Waals surface area (Å²) in [6.07, 6.45) is 2.50. The third kappa shape index (κ3) is 1.95. The largest absolute Gasteiger partial charge is 0.324 e. The van der Waals surface area contributed by atoms with Crippen LogP contribution in [0.15, 0.2) is 24.3 Å². The molecule has 0 aliphatic rings. The van der Waals surface area contributed by atoms with Gasteiger partial charge in [0.25, 0.3) is 0 Å². The molecule has 0 spiro atoms. The van der Waals surface area contributed by atoms with Gasteiger partial charge in [-0.15, -0.1) is 0 Å². The summed E-state index contributed by atoms with van der Waals surface area (Å²) in [5, 5.41) is 1.89. The molecule has 0 saturated carbocycles. The van der Waals surface area contributed by atoms with Crippen molar-refractivity contribution >= 4 is 19.2 Å². The lowest BCUT2D eigenvalue weighted by Crippen LogP contribution is -2.25. The van der Waals surface area contributed by atoms with Crippen molar-refractivity contribution in [3.8, 4) is 0 Å². The van der Waals surface area contributed by atoms with E-state index in [1.165, 1.54) is 4.90 Å². The highest BCUT2D eigenvalue weighted by atomic mass is 16.1. The van der Waals surface area contributed by atoms with Crippen molar-refractivity contribution in [1.29, 1.82) is 0 Å². The second-order valence-corrected chi connectivity index (χ2v) is 2.60. The van der Waals surface area contributed by atoms with Gasteiger partial charge in [-0.3, -0.25) is 4.79 Å². The number of hydrogen-bond donors (Lipinski definition) is 0. The van der Waals surface area contributed by atoms with Gasteiger partial charge in [-0.2, -0.15) is 0 Å². The summed E-state index contributed by atoms with van der Waals surface area (Å²) in [5.41, 5.74) is 0. The van der Waals surface area contributed by atoms with Gasteiger partial charge in [0.05, 0.1) is 0 Å². The molecule has 1 aromatic rings. The number of hydrogen-bond acceptors (Lipinski definition) is 1. The molecule has 0 bridgehead atoms. The minimum atomic E-state index is 0.756. The first-order chi connectivity index (χ1) is 5.74. The fourth-order valence-electron chi connectivity index (χ4n) is 0.910. The highest BCUT2D eigenvalue weighted by Crippen LogP contribution is 1.75. The molecule has 0 radical (unpaired) electrons. The van der Waals surface area contributed by atoms with Crippen LogP contribution in [-0.2, 0) is 4.79 Å². The van der Waals surface area contributed by atoms with Crippen molar-refractivity contribution in [3.05, 3.63) is 34.7 Å². The molecule has 12 heavy (non-hydrogen) atoms. The minimum absolute atomic E-state index is 0.756. The van der Waals surface area contributed by atoms with Crippen molar-refractivity contribution < 1.29 is 4.79 Å². The predicted octanol–water partition coefficient (Wildman–Crippen LogP) is -0.0769. The number of carbonyl (C=O) groups excluding carboxylic acids is 1. The monoisotopic (exact) mass is 161 g/mol. The van der Waals surface area contributed by atoms with Gasteiger partial charge in [0.2, 0.25) is 6.41 Å². The van der Waals surface area contributed by atoms with Gasteiger partial charge in [-0.1, -0.05) is 30.8 Å². The van der Waals surface area contributed by atoms with E-state index in [2.05, 4.69) is 6.58 Å². The SMILES string of the molecule is C=c1cccc/c1=C/N(C)C=O. The Morgan fingerprint density at radius 2 is 2.08 bits per heavy atom. The van der Waals surface area contributed by atoms with Crippen molar-refractivity contribution in [2.24, 2.45) is 0 Å². The van der Waals surface area contributed by atoms with Gasteiger partial charge in [-0.25, -0.2) is 0 Å². The molecule has 0 aromatic heterocycles. The Balaban J connectivity index is 3.19. The third-order valence-corrected chi connectivity index (χ3v) is 1.56. The lowest BCUT2D eigenvalue weighted by Gasteiger charge is -2.00. The molecule has 1 aromatic carbocycles. The Bertz CT molecular complexity index is 370. The van der Waals surface area contributed by atoms with Gasteiger partial charge in [0, 0.05) is 13.2 Å². The molecular weight excluding hydrogens is 150 g/mol. The van der Waals surface area contributed by atoms with E-state index >= 15 is 0 Å². The van der Waals surface area contributed by atoms with Crippen LogP contribution in [0.3, 0.4) is 0 Å². The van der Waals surface area contributed by atoms with Crippen LogP contribution in [-0.4, -0.2) is 18.4 Å². The molecule has 0 unspecified atom stereocenters. The van der Waals surface area contributed by atoms with E-state index in [4.69, 9.17) is 0 Å². The topological polar surface area (TPSA) is 20.3 Å².